The highest BCUT2D eigenvalue weighted by Gasteiger charge is 2.47. The fraction of sp³-hybridized carbons (Fsp3) is 0.429. The van der Waals surface area contributed by atoms with Crippen molar-refractivity contribution in [1.82, 2.24) is 9.88 Å². The van der Waals surface area contributed by atoms with Crippen LogP contribution in [0.15, 0.2) is 18.3 Å². The van der Waals surface area contributed by atoms with E-state index in [2.05, 4.69) is 10.3 Å². The van der Waals surface area contributed by atoms with E-state index < -0.39 is 11.7 Å². The predicted octanol–water partition coefficient (Wildman–Crippen LogP) is 3.25. The summed E-state index contributed by atoms with van der Waals surface area (Å²) in [6.45, 7) is 1.40. The summed E-state index contributed by atoms with van der Waals surface area (Å²) in [5.74, 6) is 0.0161. The van der Waals surface area contributed by atoms with Gasteiger partial charge in [0.1, 0.15) is 11.6 Å². The molecule has 0 saturated heterocycles. The normalized spacial score (nSPS) is 22.6. The van der Waals surface area contributed by atoms with Gasteiger partial charge in [0.25, 0.3) is 5.91 Å². The van der Waals surface area contributed by atoms with E-state index in [0.29, 0.717) is 23.0 Å². The van der Waals surface area contributed by atoms with E-state index in [1.807, 2.05) is 0 Å². The van der Waals surface area contributed by atoms with Crippen molar-refractivity contribution in [3.05, 3.63) is 40.3 Å². The molecule has 5 N–H and O–H groups in total. The number of pyridine rings is 1. The largest absolute Gasteiger partial charge is 0.398 e. The second kappa shape index (κ2) is 7.15. The Bertz CT molecular complexity index is 996. The molecule has 1 fully saturated rings. The van der Waals surface area contributed by atoms with Crippen LogP contribution in [0.4, 0.5) is 15.9 Å². The number of halogens is 2. The third-order valence-corrected chi connectivity index (χ3v) is 6.66. The van der Waals surface area contributed by atoms with Crippen molar-refractivity contribution in [2.75, 3.05) is 38.2 Å². The first-order valence-corrected chi connectivity index (χ1v) is 10.1. The average Bonchev–Trinajstić information content (AvgIpc) is 3.27. The summed E-state index contributed by atoms with van der Waals surface area (Å²) in [4.78, 5) is 18.3. The second-order valence-electron chi connectivity index (χ2n) is 8.28. The number of nitrogen functional groups attached to an aromatic ring is 1. The SMILES string of the molecule is CN(C)C(=O)c1c(N)ccc(-c2cnc3c(c2Cl)[C@]2(CC[C@H](CN)C2)CN3)c1F. The number of carbonyl (C=O) groups is 1. The van der Waals surface area contributed by atoms with Gasteiger partial charge in [-0.05, 0) is 43.9 Å². The Labute approximate surface area is 174 Å². The Kier molecular flexibility index (Phi) is 4.91. The Morgan fingerprint density at radius 3 is 2.83 bits per heavy atom. The molecule has 1 aromatic heterocycles. The molecule has 154 valence electrons. The molecule has 4 rings (SSSR count). The molecule has 1 aliphatic heterocycles. The number of nitrogens with two attached hydrogens (primary N) is 2. The van der Waals surface area contributed by atoms with Gasteiger partial charge in [-0.3, -0.25) is 4.79 Å². The van der Waals surface area contributed by atoms with E-state index in [0.717, 1.165) is 37.2 Å². The summed E-state index contributed by atoms with van der Waals surface area (Å²) in [5, 5.41) is 3.83. The minimum atomic E-state index is -0.682. The summed E-state index contributed by atoms with van der Waals surface area (Å²) in [6, 6.07) is 3.09. The highest BCUT2D eigenvalue weighted by molar-refractivity contribution is 6.34. The van der Waals surface area contributed by atoms with Crippen molar-refractivity contribution in [2.45, 2.75) is 24.7 Å². The summed E-state index contributed by atoms with van der Waals surface area (Å²) in [5.41, 5.74) is 13.2. The maximum absolute atomic E-state index is 15.4. The lowest BCUT2D eigenvalue weighted by Crippen LogP contribution is -2.26. The minimum Gasteiger partial charge on any atom is -0.398 e. The van der Waals surface area contributed by atoms with Crippen molar-refractivity contribution < 1.29 is 9.18 Å². The number of hydrogen-bond acceptors (Lipinski definition) is 5. The van der Waals surface area contributed by atoms with E-state index in [1.54, 1.807) is 26.4 Å². The van der Waals surface area contributed by atoms with Crippen LogP contribution in [0.2, 0.25) is 5.02 Å². The summed E-state index contributed by atoms with van der Waals surface area (Å²) in [6.07, 6.45) is 4.49. The topological polar surface area (TPSA) is 97.3 Å². The molecule has 8 heteroatoms. The van der Waals surface area contributed by atoms with Crippen LogP contribution in [0, 0.1) is 11.7 Å². The quantitative estimate of drug-likeness (QED) is 0.666. The number of nitrogens with one attached hydrogen (secondary N) is 1. The summed E-state index contributed by atoms with van der Waals surface area (Å²) in [7, 11) is 3.11. The standard InChI is InChI=1S/C21H25ClFN5O/c1-28(2)20(29)15-14(25)4-3-12(18(15)23)13-9-26-19-16(17(13)22)21(10-27-19)6-5-11(7-21)8-24/h3-4,9,11H,5-8,10,24-25H2,1-2H3,(H,26,27)/t11-,21-/m0/s1. The zero-order valence-electron chi connectivity index (χ0n) is 16.6. The zero-order valence-corrected chi connectivity index (χ0v) is 17.3. The lowest BCUT2D eigenvalue weighted by molar-refractivity contribution is 0.0824. The molecule has 0 bridgehead atoms. The van der Waals surface area contributed by atoms with Gasteiger partial charge >= 0.3 is 0 Å². The van der Waals surface area contributed by atoms with Gasteiger partial charge in [-0.25, -0.2) is 9.37 Å². The highest BCUT2D eigenvalue weighted by Crippen LogP contribution is 2.53. The van der Waals surface area contributed by atoms with Crippen molar-refractivity contribution in [2.24, 2.45) is 11.7 Å². The van der Waals surface area contributed by atoms with Gasteiger partial charge in [0.15, 0.2) is 0 Å². The number of benzene rings is 1. The number of amides is 1. The number of carbonyl (C=O) groups excluding carboxylic acids is 1. The fourth-order valence-corrected chi connectivity index (χ4v) is 5.14. The molecule has 1 spiro atoms. The van der Waals surface area contributed by atoms with Crippen LogP contribution in [0.3, 0.4) is 0 Å². The fourth-order valence-electron chi connectivity index (χ4n) is 4.70. The summed E-state index contributed by atoms with van der Waals surface area (Å²) < 4.78 is 15.4. The first-order valence-electron chi connectivity index (χ1n) is 9.72. The van der Waals surface area contributed by atoms with Gasteiger partial charge in [0.05, 0.1) is 10.6 Å². The first kappa shape index (κ1) is 19.9. The van der Waals surface area contributed by atoms with Crippen LogP contribution in [0.1, 0.15) is 35.2 Å². The third-order valence-electron chi connectivity index (χ3n) is 6.27. The Hall–Kier alpha value is -2.38. The van der Waals surface area contributed by atoms with Gasteiger partial charge in [0.2, 0.25) is 0 Å². The molecule has 29 heavy (non-hydrogen) atoms. The lowest BCUT2D eigenvalue weighted by Gasteiger charge is -2.25. The number of anilines is 2. The van der Waals surface area contributed by atoms with Crippen LogP contribution >= 0.6 is 11.6 Å². The number of nitrogens with zero attached hydrogens (tertiary/aromatic N) is 2. The first-order chi connectivity index (χ1) is 13.8. The Morgan fingerprint density at radius 1 is 1.41 bits per heavy atom. The van der Waals surface area contributed by atoms with Crippen molar-refractivity contribution in [3.8, 4) is 11.1 Å². The number of rotatable bonds is 3. The number of aromatic nitrogens is 1. The maximum Gasteiger partial charge on any atom is 0.258 e. The monoisotopic (exact) mass is 417 g/mol. The molecule has 2 atom stereocenters. The molecule has 1 amide bonds. The van der Waals surface area contributed by atoms with Gasteiger partial charge in [-0.15, -0.1) is 0 Å². The van der Waals surface area contributed by atoms with Gasteiger partial charge in [-0.1, -0.05) is 11.6 Å². The number of hydrogen-bond donors (Lipinski definition) is 3. The molecule has 0 unspecified atom stereocenters. The van der Waals surface area contributed by atoms with E-state index in [9.17, 15) is 4.79 Å². The number of fused-ring (bicyclic) bond motifs is 2. The molecule has 1 saturated carbocycles. The maximum atomic E-state index is 15.4. The molecule has 6 nitrogen and oxygen atoms in total. The van der Waals surface area contributed by atoms with Gasteiger partial charge < -0.3 is 21.7 Å². The molecular weight excluding hydrogens is 393 g/mol. The van der Waals surface area contributed by atoms with Gasteiger partial charge in [0, 0.05) is 54.6 Å². The van der Waals surface area contributed by atoms with Crippen molar-refractivity contribution in [1.29, 1.82) is 0 Å². The highest BCUT2D eigenvalue weighted by atomic mass is 35.5. The van der Waals surface area contributed by atoms with Crippen LogP contribution in [-0.2, 0) is 5.41 Å². The molecule has 2 aromatic rings. The van der Waals surface area contributed by atoms with E-state index in [1.165, 1.54) is 11.0 Å². The average molecular weight is 418 g/mol. The second-order valence-corrected chi connectivity index (χ2v) is 8.66. The molecule has 1 aliphatic carbocycles. The van der Waals surface area contributed by atoms with Crippen LogP contribution in [0.25, 0.3) is 11.1 Å². The van der Waals surface area contributed by atoms with E-state index in [-0.39, 0.29) is 22.2 Å². The Morgan fingerprint density at radius 2 is 2.17 bits per heavy atom. The predicted molar refractivity (Wildman–Crippen MR) is 114 cm³/mol. The van der Waals surface area contributed by atoms with Crippen molar-refractivity contribution in [3.63, 3.8) is 0 Å². The third kappa shape index (κ3) is 3.04. The molecule has 2 aliphatic rings. The van der Waals surface area contributed by atoms with Crippen molar-refractivity contribution >= 4 is 29.0 Å². The van der Waals surface area contributed by atoms with Crippen LogP contribution in [-0.4, -0.2) is 43.0 Å². The van der Waals surface area contributed by atoms with E-state index in [4.69, 9.17) is 23.1 Å². The van der Waals surface area contributed by atoms with E-state index >= 15 is 4.39 Å². The molecule has 1 aromatic carbocycles. The van der Waals surface area contributed by atoms with Crippen LogP contribution in [0.5, 0.6) is 0 Å². The van der Waals surface area contributed by atoms with Crippen LogP contribution < -0.4 is 16.8 Å². The zero-order chi connectivity index (χ0) is 20.9. The minimum absolute atomic E-state index is 0.0925. The summed E-state index contributed by atoms with van der Waals surface area (Å²) >= 11 is 6.85. The smallest absolute Gasteiger partial charge is 0.258 e. The lowest BCUT2D eigenvalue weighted by atomic mass is 9.79. The molecule has 0 radical (unpaired) electrons. The molecule has 2 heterocycles. The van der Waals surface area contributed by atoms with Gasteiger partial charge in [-0.2, -0.15) is 0 Å². The Balaban J connectivity index is 1.85. The molecular formula is C21H25ClFN5O.